The zero-order valence-electron chi connectivity index (χ0n) is 10.7. The van der Waals surface area contributed by atoms with E-state index in [9.17, 15) is 18.0 Å². The normalized spacial score (nSPS) is 11.2. The molecule has 1 heterocycles. The second kappa shape index (κ2) is 5.88. The second-order valence-corrected chi connectivity index (χ2v) is 4.13. The van der Waals surface area contributed by atoms with Gasteiger partial charge in [-0.1, -0.05) is 6.07 Å². The molecule has 0 aliphatic rings. The highest BCUT2D eigenvalue weighted by atomic mass is 19.4. The van der Waals surface area contributed by atoms with Crippen molar-refractivity contribution >= 4 is 12.1 Å². The van der Waals surface area contributed by atoms with Gasteiger partial charge < -0.3 is 11.1 Å². The number of amides is 1. The lowest BCUT2D eigenvalue weighted by atomic mass is 10.0. The summed E-state index contributed by atoms with van der Waals surface area (Å²) in [4.78, 5) is 17.1. The first-order valence-electron chi connectivity index (χ1n) is 5.88. The molecule has 0 aliphatic carbocycles. The summed E-state index contributed by atoms with van der Waals surface area (Å²) >= 11 is 0. The number of alkyl halides is 3. The minimum absolute atomic E-state index is 0.172. The summed E-state index contributed by atoms with van der Waals surface area (Å²) in [7, 11) is 0. The maximum absolute atomic E-state index is 12.4. The van der Waals surface area contributed by atoms with Gasteiger partial charge in [-0.05, 0) is 23.3 Å². The lowest BCUT2D eigenvalue weighted by molar-refractivity contribution is -0.145. The maximum Gasteiger partial charge on any atom is 0.451 e. The number of carbonyl (C=O) groups excluding carboxylic acids is 1. The Kier molecular flexibility index (Phi) is 4.18. The summed E-state index contributed by atoms with van der Waals surface area (Å²) in [5.74, 6) is -1.19. The molecule has 8 heteroatoms. The molecule has 0 aliphatic heterocycles. The number of nitrogens with one attached hydrogen (secondary N) is 1. The molecule has 2 aromatic rings. The molecule has 0 fully saturated rings. The minimum atomic E-state index is -4.57. The van der Waals surface area contributed by atoms with Crippen LogP contribution in [0.3, 0.4) is 0 Å². The predicted molar refractivity (Wildman–Crippen MR) is 70.0 cm³/mol. The third kappa shape index (κ3) is 3.34. The summed E-state index contributed by atoms with van der Waals surface area (Å²) in [6.07, 6.45) is -1.86. The molecule has 3 N–H and O–H groups in total. The van der Waals surface area contributed by atoms with E-state index in [4.69, 9.17) is 5.73 Å². The minimum Gasteiger partial charge on any atom is -0.328 e. The highest BCUT2D eigenvalue weighted by molar-refractivity contribution is 5.76. The summed E-state index contributed by atoms with van der Waals surface area (Å²) in [5, 5.41) is 2.49. The van der Waals surface area contributed by atoms with Gasteiger partial charge in [0.25, 0.3) is 0 Å². The van der Waals surface area contributed by atoms with Crippen molar-refractivity contribution in [1.29, 1.82) is 0 Å². The Morgan fingerprint density at radius 1 is 1.19 bits per heavy atom. The van der Waals surface area contributed by atoms with Crippen molar-refractivity contribution in [1.82, 2.24) is 9.97 Å². The van der Waals surface area contributed by atoms with E-state index in [0.717, 1.165) is 12.4 Å². The number of hydrogen-bond donors (Lipinski definition) is 2. The van der Waals surface area contributed by atoms with Gasteiger partial charge in [0.1, 0.15) is 0 Å². The van der Waals surface area contributed by atoms with Crippen LogP contribution in [0.5, 0.6) is 0 Å². The molecule has 5 nitrogen and oxygen atoms in total. The van der Waals surface area contributed by atoms with Crippen LogP contribution in [0.2, 0.25) is 0 Å². The number of hydrogen-bond acceptors (Lipinski definition) is 4. The number of rotatable bonds is 4. The Balaban J connectivity index is 2.36. The van der Waals surface area contributed by atoms with Gasteiger partial charge in [-0.15, -0.1) is 0 Å². The molecule has 1 aromatic heterocycles. The quantitative estimate of drug-likeness (QED) is 0.847. The molecule has 0 spiro atoms. The maximum atomic E-state index is 12.4. The number of aromatic nitrogens is 2. The summed E-state index contributed by atoms with van der Waals surface area (Å²) < 4.78 is 37.2. The van der Waals surface area contributed by atoms with Gasteiger partial charge in [0.15, 0.2) is 0 Å². The van der Waals surface area contributed by atoms with E-state index in [1.165, 1.54) is 0 Å². The van der Waals surface area contributed by atoms with E-state index < -0.39 is 12.0 Å². The first-order chi connectivity index (χ1) is 9.95. The Morgan fingerprint density at radius 3 is 2.38 bits per heavy atom. The fourth-order valence-corrected chi connectivity index (χ4v) is 1.77. The zero-order valence-corrected chi connectivity index (χ0v) is 10.7. The Morgan fingerprint density at radius 2 is 1.86 bits per heavy atom. The van der Waals surface area contributed by atoms with Crippen LogP contribution in [0, 0.1) is 0 Å². The van der Waals surface area contributed by atoms with Gasteiger partial charge in [0.2, 0.25) is 12.2 Å². The number of nitrogens with two attached hydrogens (primary N) is 1. The van der Waals surface area contributed by atoms with E-state index in [1.807, 2.05) is 0 Å². The average Bonchev–Trinajstić information content (AvgIpc) is 2.47. The number of nitrogens with zero attached hydrogens (tertiary/aromatic N) is 2. The van der Waals surface area contributed by atoms with Crippen molar-refractivity contribution in [3.8, 4) is 11.1 Å². The predicted octanol–water partition coefficient (Wildman–Crippen LogP) is 2.19. The highest BCUT2D eigenvalue weighted by Crippen LogP contribution is 2.28. The Labute approximate surface area is 118 Å². The SMILES string of the molecule is NCc1cc(-c2cnc(C(F)(F)F)nc2)ccc1NC=O. The van der Waals surface area contributed by atoms with Crippen LogP contribution in [-0.4, -0.2) is 16.4 Å². The van der Waals surface area contributed by atoms with Crippen LogP contribution in [0.1, 0.15) is 11.4 Å². The van der Waals surface area contributed by atoms with E-state index in [1.54, 1.807) is 18.2 Å². The molecular formula is C13H11F3N4O. The molecule has 0 bridgehead atoms. The molecule has 1 aromatic carbocycles. The molecule has 0 saturated heterocycles. The monoisotopic (exact) mass is 296 g/mol. The number of halogens is 3. The Bertz CT molecular complexity index is 641. The highest BCUT2D eigenvalue weighted by Gasteiger charge is 2.34. The van der Waals surface area contributed by atoms with Gasteiger partial charge in [-0.25, -0.2) is 9.97 Å². The van der Waals surface area contributed by atoms with Gasteiger partial charge in [0, 0.05) is 30.2 Å². The molecule has 0 unspecified atom stereocenters. The molecule has 0 saturated carbocycles. The third-order valence-electron chi connectivity index (χ3n) is 2.78. The van der Waals surface area contributed by atoms with Gasteiger partial charge in [0.05, 0.1) is 0 Å². The fraction of sp³-hybridized carbons (Fsp3) is 0.154. The van der Waals surface area contributed by atoms with Gasteiger partial charge in [-0.2, -0.15) is 13.2 Å². The zero-order chi connectivity index (χ0) is 15.5. The van der Waals surface area contributed by atoms with Crippen molar-refractivity contribution in [2.24, 2.45) is 5.73 Å². The van der Waals surface area contributed by atoms with Crippen LogP contribution in [0.4, 0.5) is 18.9 Å². The van der Waals surface area contributed by atoms with Crippen LogP contribution in [0.15, 0.2) is 30.6 Å². The molecule has 2 rings (SSSR count). The van der Waals surface area contributed by atoms with Crippen LogP contribution < -0.4 is 11.1 Å². The number of benzene rings is 1. The topological polar surface area (TPSA) is 80.9 Å². The lowest BCUT2D eigenvalue weighted by Gasteiger charge is -2.10. The second-order valence-electron chi connectivity index (χ2n) is 4.13. The fourth-order valence-electron chi connectivity index (χ4n) is 1.77. The molecule has 110 valence electrons. The summed E-state index contributed by atoms with van der Waals surface area (Å²) in [6.45, 7) is 0.172. The lowest BCUT2D eigenvalue weighted by Crippen LogP contribution is -2.10. The van der Waals surface area contributed by atoms with E-state index in [0.29, 0.717) is 28.8 Å². The number of carbonyl (C=O) groups is 1. The van der Waals surface area contributed by atoms with Crippen LogP contribution in [-0.2, 0) is 17.5 Å². The molecule has 1 amide bonds. The van der Waals surface area contributed by atoms with E-state index in [-0.39, 0.29) is 6.54 Å². The summed E-state index contributed by atoms with van der Waals surface area (Å²) in [6, 6.07) is 4.92. The van der Waals surface area contributed by atoms with E-state index >= 15 is 0 Å². The van der Waals surface area contributed by atoms with E-state index in [2.05, 4.69) is 15.3 Å². The molecule has 21 heavy (non-hydrogen) atoms. The first kappa shape index (κ1) is 14.9. The van der Waals surface area contributed by atoms with Crippen molar-refractivity contribution in [3.05, 3.63) is 42.0 Å². The smallest absolute Gasteiger partial charge is 0.328 e. The summed E-state index contributed by atoms with van der Waals surface area (Å²) in [5.41, 5.74) is 7.81. The first-order valence-corrected chi connectivity index (χ1v) is 5.88. The number of anilines is 1. The average molecular weight is 296 g/mol. The van der Waals surface area contributed by atoms with Gasteiger partial charge in [-0.3, -0.25) is 4.79 Å². The largest absolute Gasteiger partial charge is 0.451 e. The molecule has 0 atom stereocenters. The molecule has 0 radical (unpaired) electrons. The Hall–Kier alpha value is -2.48. The van der Waals surface area contributed by atoms with Crippen molar-refractivity contribution in [2.45, 2.75) is 12.7 Å². The third-order valence-corrected chi connectivity index (χ3v) is 2.78. The molecular weight excluding hydrogens is 285 g/mol. The standard InChI is InChI=1S/C13H11F3N4O/c14-13(15,16)12-18-5-10(6-19-12)8-1-2-11(20-7-21)9(3-8)4-17/h1-3,5-7H,4,17H2,(H,20,21). The van der Waals surface area contributed by atoms with Gasteiger partial charge >= 0.3 is 6.18 Å². The van der Waals surface area contributed by atoms with Crippen LogP contribution in [0.25, 0.3) is 11.1 Å². The van der Waals surface area contributed by atoms with Crippen molar-refractivity contribution in [2.75, 3.05) is 5.32 Å². The van der Waals surface area contributed by atoms with Crippen molar-refractivity contribution < 1.29 is 18.0 Å². The van der Waals surface area contributed by atoms with Crippen molar-refractivity contribution in [3.63, 3.8) is 0 Å². The van der Waals surface area contributed by atoms with Crippen LogP contribution >= 0.6 is 0 Å².